The molecule has 1 unspecified atom stereocenters. The largest absolute Gasteiger partial charge is 0.467 e. The fourth-order valence-corrected chi connectivity index (χ4v) is 2.52. The number of halogens is 1. The van der Waals surface area contributed by atoms with Gasteiger partial charge in [-0.3, -0.25) is 4.79 Å². The topological polar surface area (TPSA) is 55.4 Å². The van der Waals surface area contributed by atoms with Gasteiger partial charge in [-0.15, -0.1) is 11.3 Å². The van der Waals surface area contributed by atoms with E-state index in [2.05, 4.69) is 10.1 Å². The summed E-state index contributed by atoms with van der Waals surface area (Å²) >= 11 is 7.18. The number of carbonyl (C=O) groups is 2. The molecule has 0 spiro atoms. The van der Waals surface area contributed by atoms with E-state index in [1.165, 1.54) is 18.4 Å². The standard InChI is InChI=1S/C12H16ClNO3S/c1-7(8-5-6-9(13)18-8)10(15)14-12(2,3)11(16)17-4/h5-7H,1-4H3,(H,14,15). The number of ether oxygens (including phenoxy) is 1. The van der Waals surface area contributed by atoms with Crippen LogP contribution in [-0.4, -0.2) is 24.5 Å². The van der Waals surface area contributed by atoms with E-state index in [9.17, 15) is 9.59 Å². The minimum atomic E-state index is -1.04. The maximum absolute atomic E-state index is 12.0. The molecule has 0 aliphatic heterocycles. The zero-order valence-corrected chi connectivity index (χ0v) is 12.3. The van der Waals surface area contributed by atoms with Crippen molar-refractivity contribution in [1.82, 2.24) is 5.32 Å². The van der Waals surface area contributed by atoms with Crippen molar-refractivity contribution in [2.24, 2.45) is 0 Å². The Morgan fingerprint density at radius 3 is 2.50 bits per heavy atom. The first kappa shape index (κ1) is 15.0. The average Bonchev–Trinajstić information content (AvgIpc) is 2.72. The van der Waals surface area contributed by atoms with Crippen LogP contribution in [0.3, 0.4) is 0 Å². The lowest BCUT2D eigenvalue weighted by molar-refractivity contribution is -0.149. The molecule has 0 bridgehead atoms. The van der Waals surface area contributed by atoms with E-state index in [0.29, 0.717) is 4.34 Å². The fraction of sp³-hybridized carbons (Fsp3) is 0.500. The van der Waals surface area contributed by atoms with E-state index in [4.69, 9.17) is 11.6 Å². The SMILES string of the molecule is COC(=O)C(C)(C)NC(=O)C(C)c1ccc(Cl)s1. The second-order valence-electron chi connectivity index (χ2n) is 4.47. The lowest BCUT2D eigenvalue weighted by Gasteiger charge is -2.24. The molecule has 1 aromatic heterocycles. The number of hydrogen-bond donors (Lipinski definition) is 1. The van der Waals surface area contributed by atoms with Gasteiger partial charge in [-0.25, -0.2) is 4.79 Å². The molecule has 0 aromatic carbocycles. The highest BCUT2D eigenvalue weighted by molar-refractivity contribution is 7.16. The van der Waals surface area contributed by atoms with Gasteiger partial charge in [0.05, 0.1) is 17.4 Å². The monoisotopic (exact) mass is 289 g/mol. The van der Waals surface area contributed by atoms with Crippen LogP contribution in [0.2, 0.25) is 4.34 Å². The first-order valence-electron chi connectivity index (χ1n) is 5.43. The summed E-state index contributed by atoms with van der Waals surface area (Å²) in [7, 11) is 1.29. The highest BCUT2D eigenvalue weighted by atomic mass is 35.5. The van der Waals surface area contributed by atoms with Crippen molar-refractivity contribution in [2.45, 2.75) is 32.2 Å². The number of nitrogens with one attached hydrogen (secondary N) is 1. The maximum Gasteiger partial charge on any atom is 0.330 e. The van der Waals surface area contributed by atoms with Gasteiger partial charge in [-0.1, -0.05) is 11.6 Å². The predicted molar refractivity (Wildman–Crippen MR) is 72.0 cm³/mol. The van der Waals surface area contributed by atoms with E-state index >= 15 is 0 Å². The van der Waals surface area contributed by atoms with Crippen LogP contribution < -0.4 is 5.32 Å². The number of rotatable bonds is 4. The minimum Gasteiger partial charge on any atom is -0.467 e. The van der Waals surface area contributed by atoms with Crippen LogP contribution in [0.1, 0.15) is 31.6 Å². The summed E-state index contributed by atoms with van der Waals surface area (Å²) in [5, 5.41) is 2.66. The summed E-state index contributed by atoms with van der Waals surface area (Å²) in [5.41, 5.74) is -1.04. The Morgan fingerprint density at radius 2 is 2.06 bits per heavy atom. The van der Waals surface area contributed by atoms with Crippen LogP contribution in [0.5, 0.6) is 0 Å². The number of carbonyl (C=O) groups excluding carboxylic acids is 2. The van der Waals surface area contributed by atoms with Crippen LogP contribution in [-0.2, 0) is 14.3 Å². The zero-order chi connectivity index (χ0) is 13.9. The molecular weight excluding hydrogens is 274 g/mol. The van der Waals surface area contributed by atoms with Crippen molar-refractivity contribution < 1.29 is 14.3 Å². The van der Waals surface area contributed by atoms with E-state index < -0.39 is 11.5 Å². The van der Waals surface area contributed by atoms with Gasteiger partial charge in [0.1, 0.15) is 5.54 Å². The third kappa shape index (κ3) is 3.46. The van der Waals surface area contributed by atoms with E-state index in [1.807, 2.05) is 6.07 Å². The summed E-state index contributed by atoms with van der Waals surface area (Å²) in [6.45, 7) is 4.97. The van der Waals surface area contributed by atoms with Gasteiger partial charge in [0.15, 0.2) is 0 Å². The molecule has 0 aliphatic rings. The van der Waals surface area contributed by atoms with Crippen LogP contribution >= 0.6 is 22.9 Å². The van der Waals surface area contributed by atoms with Crippen LogP contribution in [0.25, 0.3) is 0 Å². The first-order valence-corrected chi connectivity index (χ1v) is 6.63. The van der Waals surface area contributed by atoms with Crippen LogP contribution in [0, 0.1) is 0 Å². The third-order valence-corrected chi connectivity index (χ3v) is 3.96. The highest BCUT2D eigenvalue weighted by Crippen LogP contribution is 2.28. The van der Waals surface area contributed by atoms with Gasteiger partial charge < -0.3 is 10.1 Å². The maximum atomic E-state index is 12.0. The Balaban J connectivity index is 2.74. The van der Waals surface area contributed by atoms with Crippen molar-refractivity contribution in [2.75, 3.05) is 7.11 Å². The summed E-state index contributed by atoms with van der Waals surface area (Å²) in [6, 6.07) is 3.55. The Kier molecular flexibility index (Phi) is 4.76. The number of thiophene rings is 1. The molecule has 1 rings (SSSR count). The second-order valence-corrected chi connectivity index (χ2v) is 6.22. The van der Waals surface area contributed by atoms with Crippen molar-refractivity contribution in [1.29, 1.82) is 0 Å². The molecule has 1 aromatic rings. The van der Waals surface area contributed by atoms with E-state index in [-0.39, 0.29) is 11.8 Å². The molecule has 6 heteroatoms. The van der Waals surface area contributed by atoms with E-state index in [1.54, 1.807) is 26.8 Å². The Morgan fingerprint density at radius 1 is 1.44 bits per heavy atom. The molecule has 1 N–H and O–H groups in total. The van der Waals surface area contributed by atoms with E-state index in [0.717, 1.165) is 4.88 Å². The Labute approximate surface area is 115 Å². The molecule has 18 heavy (non-hydrogen) atoms. The summed E-state index contributed by atoms with van der Waals surface area (Å²) in [6.07, 6.45) is 0. The molecule has 0 saturated heterocycles. The van der Waals surface area contributed by atoms with Gasteiger partial charge in [0.25, 0.3) is 0 Å². The summed E-state index contributed by atoms with van der Waals surface area (Å²) in [4.78, 5) is 24.4. The molecular formula is C12H16ClNO3S. The number of hydrogen-bond acceptors (Lipinski definition) is 4. The predicted octanol–water partition coefficient (Wildman–Crippen LogP) is 2.57. The molecule has 0 aliphatic carbocycles. The third-order valence-electron chi connectivity index (χ3n) is 2.55. The molecule has 1 atom stereocenters. The van der Waals surface area contributed by atoms with Gasteiger partial charge in [0, 0.05) is 4.88 Å². The molecule has 0 radical (unpaired) electrons. The molecule has 1 amide bonds. The smallest absolute Gasteiger partial charge is 0.330 e. The molecule has 0 saturated carbocycles. The lowest BCUT2D eigenvalue weighted by Crippen LogP contribution is -2.51. The fourth-order valence-electron chi connectivity index (χ4n) is 1.41. The number of amides is 1. The quantitative estimate of drug-likeness (QED) is 0.867. The highest BCUT2D eigenvalue weighted by Gasteiger charge is 2.32. The molecule has 100 valence electrons. The zero-order valence-electron chi connectivity index (χ0n) is 10.7. The number of methoxy groups -OCH3 is 1. The van der Waals surface area contributed by atoms with Crippen LogP contribution in [0.15, 0.2) is 12.1 Å². The van der Waals surface area contributed by atoms with Gasteiger partial charge in [-0.05, 0) is 32.9 Å². The summed E-state index contributed by atoms with van der Waals surface area (Å²) < 4.78 is 5.27. The van der Waals surface area contributed by atoms with Crippen LogP contribution in [0.4, 0.5) is 0 Å². The second kappa shape index (κ2) is 5.71. The molecule has 4 nitrogen and oxygen atoms in total. The van der Waals surface area contributed by atoms with Crippen molar-refractivity contribution in [3.8, 4) is 0 Å². The molecule has 1 heterocycles. The summed E-state index contributed by atoms with van der Waals surface area (Å²) in [5.74, 6) is -1.07. The molecule has 0 fully saturated rings. The minimum absolute atomic E-state index is 0.232. The number of esters is 1. The normalized spacial score (nSPS) is 12.9. The first-order chi connectivity index (χ1) is 8.27. The van der Waals surface area contributed by atoms with Gasteiger partial charge >= 0.3 is 5.97 Å². The average molecular weight is 290 g/mol. The Bertz CT molecular complexity index is 456. The van der Waals surface area contributed by atoms with Crippen molar-refractivity contribution in [3.63, 3.8) is 0 Å². The van der Waals surface area contributed by atoms with Gasteiger partial charge in [-0.2, -0.15) is 0 Å². The van der Waals surface area contributed by atoms with Gasteiger partial charge in [0.2, 0.25) is 5.91 Å². The van der Waals surface area contributed by atoms with Crippen molar-refractivity contribution >= 4 is 34.8 Å². The lowest BCUT2D eigenvalue weighted by atomic mass is 10.0. The Hall–Kier alpha value is -1.07. The van der Waals surface area contributed by atoms with Crippen molar-refractivity contribution in [3.05, 3.63) is 21.3 Å².